The van der Waals surface area contributed by atoms with Crippen LogP contribution in [0.5, 0.6) is 11.5 Å². The maximum Gasteiger partial charge on any atom is 0.228 e. The zero-order valence-corrected chi connectivity index (χ0v) is 13.8. The molecule has 122 valence electrons. The lowest BCUT2D eigenvalue weighted by Crippen LogP contribution is -2.17. The number of amides is 1. The fraction of sp³-hybridized carbons (Fsp3) is 0.375. The highest BCUT2D eigenvalue weighted by Crippen LogP contribution is 2.35. The number of halogens is 1. The van der Waals surface area contributed by atoms with Gasteiger partial charge in [0.1, 0.15) is 13.2 Å². The molecule has 1 aromatic heterocycles. The number of rotatable bonds is 4. The molecule has 1 aromatic carbocycles. The molecule has 1 N–H and O–H groups in total. The van der Waals surface area contributed by atoms with E-state index in [2.05, 4.69) is 10.4 Å². The van der Waals surface area contributed by atoms with Crippen molar-refractivity contribution in [3.05, 3.63) is 35.1 Å². The van der Waals surface area contributed by atoms with Gasteiger partial charge in [0, 0.05) is 23.3 Å². The second-order valence-corrected chi connectivity index (χ2v) is 6.02. The first-order chi connectivity index (χ1) is 11.0. The van der Waals surface area contributed by atoms with E-state index >= 15 is 0 Å². The normalized spacial score (nSPS) is 13.2. The summed E-state index contributed by atoms with van der Waals surface area (Å²) >= 11 is 6.22. The van der Waals surface area contributed by atoms with Gasteiger partial charge in [0.05, 0.1) is 18.3 Å². The summed E-state index contributed by atoms with van der Waals surface area (Å²) in [6.45, 7) is 5.04. The molecule has 0 atom stereocenters. The molecule has 0 saturated heterocycles. The van der Waals surface area contributed by atoms with Crippen LogP contribution in [-0.2, 0) is 11.2 Å². The van der Waals surface area contributed by atoms with E-state index in [4.69, 9.17) is 21.1 Å². The third-order valence-electron chi connectivity index (χ3n) is 3.48. The minimum atomic E-state index is -0.160. The lowest BCUT2D eigenvalue weighted by Gasteiger charge is -2.19. The quantitative estimate of drug-likeness (QED) is 0.932. The standard InChI is InChI=1S/C16H18ClN3O3/c1-10(2)20-9-12(8-18-20)19-16(21)6-11-5-14-15(7-13(11)17)23-4-3-22-14/h5,7-10H,3-4,6H2,1-2H3,(H,19,21). The maximum atomic E-state index is 12.2. The van der Waals surface area contributed by atoms with E-state index in [1.165, 1.54) is 0 Å². The Morgan fingerprint density at radius 3 is 2.70 bits per heavy atom. The van der Waals surface area contributed by atoms with Crippen LogP contribution in [0.15, 0.2) is 24.5 Å². The first kappa shape index (κ1) is 15.7. The summed E-state index contributed by atoms with van der Waals surface area (Å²) in [5.74, 6) is 1.08. The van der Waals surface area contributed by atoms with Crippen molar-refractivity contribution in [2.75, 3.05) is 18.5 Å². The molecule has 0 aliphatic carbocycles. The largest absolute Gasteiger partial charge is 0.486 e. The molecule has 0 bridgehead atoms. The summed E-state index contributed by atoms with van der Waals surface area (Å²) in [6.07, 6.45) is 3.58. The highest BCUT2D eigenvalue weighted by Gasteiger charge is 2.17. The van der Waals surface area contributed by atoms with Crippen LogP contribution in [0.1, 0.15) is 25.5 Å². The van der Waals surface area contributed by atoms with Crippen molar-refractivity contribution in [1.29, 1.82) is 0 Å². The molecule has 0 saturated carbocycles. The number of aromatic nitrogens is 2. The van der Waals surface area contributed by atoms with E-state index in [1.54, 1.807) is 29.2 Å². The summed E-state index contributed by atoms with van der Waals surface area (Å²) in [7, 11) is 0. The number of benzene rings is 1. The first-order valence-electron chi connectivity index (χ1n) is 7.45. The van der Waals surface area contributed by atoms with Crippen LogP contribution in [0.4, 0.5) is 5.69 Å². The molecule has 2 aromatic rings. The molecule has 0 spiro atoms. The van der Waals surface area contributed by atoms with Crippen molar-refractivity contribution in [3.8, 4) is 11.5 Å². The Hall–Kier alpha value is -2.21. The van der Waals surface area contributed by atoms with Crippen LogP contribution in [0, 0.1) is 0 Å². The van der Waals surface area contributed by atoms with Crippen molar-refractivity contribution in [2.24, 2.45) is 0 Å². The van der Waals surface area contributed by atoms with E-state index in [1.807, 2.05) is 13.8 Å². The van der Waals surface area contributed by atoms with Crippen LogP contribution in [0.3, 0.4) is 0 Å². The highest BCUT2D eigenvalue weighted by atomic mass is 35.5. The molecule has 6 nitrogen and oxygen atoms in total. The number of nitrogens with zero attached hydrogens (tertiary/aromatic N) is 2. The maximum absolute atomic E-state index is 12.2. The van der Waals surface area contributed by atoms with Gasteiger partial charge in [-0.15, -0.1) is 0 Å². The number of carbonyl (C=O) groups is 1. The van der Waals surface area contributed by atoms with E-state index in [-0.39, 0.29) is 18.4 Å². The average molecular weight is 336 g/mol. The Bertz CT molecular complexity index is 727. The second-order valence-electron chi connectivity index (χ2n) is 5.61. The van der Waals surface area contributed by atoms with E-state index < -0.39 is 0 Å². The lowest BCUT2D eigenvalue weighted by atomic mass is 10.1. The van der Waals surface area contributed by atoms with Crippen molar-refractivity contribution in [3.63, 3.8) is 0 Å². The fourth-order valence-electron chi connectivity index (χ4n) is 2.30. The number of fused-ring (bicyclic) bond motifs is 1. The van der Waals surface area contributed by atoms with Gasteiger partial charge in [-0.25, -0.2) is 0 Å². The lowest BCUT2D eigenvalue weighted by molar-refractivity contribution is -0.115. The van der Waals surface area contributed by atoms with Gasteiger partial charge in [0.25, 0.3) is 0 Å². The van der Waals surface area contributed by atoms with Crippen LogP contribution in [-0.4, -0.2) is 28.9 Å². The number of anilines is 1. The smallest absolute Gasteiger partial charge is 0.228 e. The summed E-state index contributed by atoms with van der Waals surface area (Å²) < 4.78 is 12.8. The van der Waals surface area contributed by atoms with Crippen molar-refractivity contribution in [2.45, 2.75) is 26.3 Å². The third-order valence-corrected chi connectivity index (χ3v) is 3.83. The van der Waals surface area contributed by atoms with Gasteiger partial charge in [-0.05, 0) is 25.5 Å². The van der Waals surface area contributed by atoms with E-state index in [0.717, 1.165) is 0 Å². The molecule has 2 heterocycles. The molecule has 0 radical (unpaired) electrons. The number of ether oxygens (including phenoxy) is 2. The Kier molecular flexibility index (Phi) is 4.43. The Labute approximate surface area is 139 Å². The molecule has 3 rings (SSSR count). The highest BCUT2D eigenvalue weighted by molar-refractivity contribution is 6.31. The third kappa shape index (κ3) is 3.59. The fourth-order valence-corrected chi connectivity index (χ4v) is 2.53. The molecule has 0 unspecified atom stereocenters. The predicted molar refractivity (Wildman–Crippen MR) is 87.4 cm³/mol. The van der Waals surface area contributed by atoms with Crippen LogP contribution < -0.4 is 14.8 Å². The minimum Gasteiger partial charge on any atom is -0.486 e. The van der Waals surface area contributed by atoms with Gasteiger partial charge in [0.2, 0.25) is 5.91 Å². The molecule has 1 amide bonds. The number of hydrogen-bond donors (Lipinski definition) is 1. The zero-order chi connectivity index (χ0) is 16.4. The SMILES string of the molecule is CC(C)n1cc(NC(=O)Cc2cc3c(cc2Cl)OCCO3)cn1. The van der Waals surface area contributed by atoms with Gasteiger partial charge < -0.3 is 14.8 Å². The number of nitrogens with one attached hydrogen (secondary N) is 1. The molecule has 0 fully saturated rings. The predicted octanol–water partition coefficient (Wildman–Crippen LogP) is 3.07. The van der Waals surface area contributed by atoms with E-state index in [0.29, 0.717) is 41.0 Å². The molecule has 23 heavy (non-hydrogen) atoms. The van der Waals surface area contributed by atoms with Crippen LogP contribution >= 0.6 is 11.6 Å². The topological polar surface area (TPSA) is 65.4 Å². The summed E-state index contributed by atoms with van der Waals surface area (Å²) in [4.78, 5) is 12.2. The van der Waals surface area contributed by atoms with Gasteiger partial charge in [-0.3, -0.25) is 9.48 Å². The molecule has 1 aliphatic heterocycles. The first-order valence-corrected chi connectivity index (χ1v) is 7.83. The van der Waals surface area contributed by atoms with Crippen molar-refractivity contribution >= 4 is 23.2 Å². The minimum absolute atomic E-state index is 0.155. The Balaban J connectivity index is 1.69. The molecular weight excluding hydrogens is 318 g/mol. The van der Waals surface area contributed by atoms with Crippen molar-refractivity contribution < 1.29 is 14.3 Å². The Morgan fingerprint density at radius 1 is 1.35 bits per heavy atom. The number of carbonyl (C=O) groups excluding carboxylic acids is 1. The zero-order valence-electron chi connectivity index (χ0n) is 13.0. The van der Waals surface area contributed by atoms with Crippen LogP contribution in [0.2, 0.25) is 5.02 Å². The molecule has 7 heteroatoms. The Morgan fingerprint density at radius 2 is 2.04 bits per heavy atom. The molecule has 1 aliphatic rings. The molecular formula is C16H18ClN3O3. The summed E-state index contributed by atoms with van der Waals surface area (Å²) in [5, 5.41) is 7.50. The summed E-state index contributed by atoms with van der Waals surface area (Å²) in [5.41, 5.74) is 1.36. The van der Waals surface area contributed by atoms with E-state index in [9.17, 15) is 4.79 Å². The van der Waals surface area contributed by atoms with Gasteiger partial charge in [0.15, 0.2) is 11.5 Å². The van der Waals surface area contributed by atoms with Crippen molar-refractivity contribution in [1.82, 2.24) is 9.78 Å². The summed E-state index contributed by atoms with van der Waals surface area (Å²) in [6, 6.07) is 3.69. The van der Waals surface area contributed by atoms with Gasteiger partial charge >= 0.3 is 0 Å². The second kappa shape index (κ2) is 6.50. The monoisotopic (exact) mass is 335 g/mol. The van der Waals surface area contributed by atoms with Crippen LogP contribution in [0.25, 0.3) is 0 Å². The van der Waals surface area contributed by atoms with Gasteiger partial charge in [-0.1, -0.05) is 11.6 Å². The number of hydrogen-bond acceptors (Lipinski definition) is 4. The van der Waals surface area contributed by atoms with Gasteiger partial charge in [-0.2, -0.15) is 5.10 Å². The average Bonchev–Trinajstić information content (AvgIpc) is 2.96.